The first-order chi connectivity index (χ1) is 10.4. The fourth-order valence-electron chi connectivity index (χ4n) is 3.31. The van der Waals surface area contributed by atoms with Gasteiger partial charge in [0.1, 0.15) is 0 Å². The van der Waals surface area contributed by atoms with Crippen molar-refractivity contribution in [3.8, 4) is 0 Å². The Kier molecular flexibility index (Phi) is 15.6. The first kappa shape index (κ1) is 21.8. The van der Waals surface area contributed by atoms with Crippen LogP contribution < -0.4 is 0 Å². The molecule has 1 heterocycles. The second-order valence-corrected chi connectivity index (χ2v) is 6.76. The van der Waals surface area contributed by atoms with Gasteiger partial charge in [0, 0.05) is 18.8 Å². The Balaban J connectivity index is 0.00000441. The molecule has 0 bridgehead atoms. The zero-order chi connectivity index (χ0) is 15.2. The quantitative estimate of drug-likeness (QED) is 0.325. The van der Waals surface area contributed by atoms with E-state index in [-0.39, 0.29) is 12.4 Å². The van der Waals surface area contributed by atoms with Crippen molar-refractivity contribution in [2.75, 3.05) is 13.1 Å². The van der Waals surface area contributed by atoms with Gasteiger partial charge in [-0.1, -0.05) is 77.7 Å². The predicted octanol–water partition coefficient (Wildman–Crippen LogP) is 7.11. The molecule has 0 unspecified atom stereocenters. The van der Waals surface area contributed by atoms with Crippen molar-refractivity contribution in [2.24, 2.45) is 0 Å². The number of hydrogen-bond donors (Lipinski definition) is 0. The molecule has 22 heavy (non-hydrogen) atoms. The van der Waals surface area contributed by atoms with Gasteiger partial charge in [-0.2, -0.15) is 0 Å². The van der Waals surface area contributed by atoms with E-state index < -0.39 is 0 Å². The molecule has 0 atom stereocenters. The summed E-state index contributed by atoms with van der Waals surface area (Å²) in [4.78, 5) is 2.64. The van der Waals surface area contributed by atoms with Crippen molar-refractivity contribution in [3.63, 3.8) is 0 Å². The number of halogens is 1. The number of allylic oxidation sites excluding steroid dienone is 2. The second kappa shape index (κ2) is 15.7. The van der Waals surface area contributed by atoms with Crippen LogP contribution in [0.1, 0.15) is 104 Å². The van der Waals surface area contributed by atoms with Crippen LogP contribution in [0.15, 0.2) is 11.8 Å². The number of unbranched alkanes of at least 4 members (excludes halogenated alkanes) is 10. The molecule has 0 spiro atoms. The number of rotatable bonds is 13. The van der Waals surface area contributed by atoms with Crippen LogP contribution >= 0.6 is 12.4 Å². The molecule has 1 saturated heterocycles. The van der Waals surface area contributed by atoms with Gasteiger partial charge in [0.25, 0.3) is 0 Å². The summed E-state index contributed by atoms with van der Waals surface area (Å²) < 4.78 is 0. The molecule has 0 aromatic carbocycles. The molecule has 0 saturated carbocycles. The Morgan fingerprint density at radius 3 is 2.05 bits per heavy atom. The molecular formula is C20H40ClN. The van der Waals surface area contributed by atoms with Crippen LogP contribution in [0.3, 0.4) is 0 Å². The predicted molar refractivity (Wildman–Crippen MR) is 103 cm³/mol. The lowest BCUT2D eigenvalue weighted by Gasteiger charge is -2.19. The molecule has 0 amide bonds. The molecule has 1 rings (SSSR count). The minimum Gasteiger partial charge on any atom is -0.375 e. The molecule has 0 N–H and O–H groups in total. The fraction of sp³-hybridized carbons (Fsp3) is 0.900. The summed E-state index contributed by atoms with van der Waals surface area (Å²) in [5, 5.41) is 0. The zero-order valence-electron chi connectivity index (χ0n) is 15.2. The first-order valence-electron chi connectivity index (χ1n) is 9.82. The van der Waals surface area contributed by atoms with Crippen LogP contribution in [-0.2, 0) is 0 Å². The Bertz CT molecular complexity index is 262. The molecule has 1 nitrogen and oxygen atoms in total. The average molecular weight is 330 g/mol. The summed E-state index contributed by atoms with van der Waals surface area (Å²) in [6.45, 7) is 7.19. The Labute approximate surface area is 146 Å². The van der Waals surface area contributed by atoms with Gasteiger partial charge in [-0.05, 0) is 32.1 Å². The number of likely N-dealkylation sites (tertiary alicyclic amines) is 1. The molecule has 0 aliphatic carbocycles. The fourth-order valence-corrected chi connectivity index (χ4v) is 3.31. The van der Waals surface area contributed by atoms with E-state index in [0.717, 1.165) is 0 Å². The topological polar surface area (TPSA) is 3.24 Å². The third-order valence-electron chi connectivity index (χ3n) is 4.74. The first-order valence-corrected chi connectivity index (χ1v) is 9.82. The van der Waals surface area contributed by atoms with Crippen molar-refractivity contribution in [1.29, 1.82) is 0 Å². The zero-order valence-corrected chi connectivity index (χ0v) is 16.1. The second-order valence-electron chi connectivity index (χ2n) is 6.76. The highest BCUT2D eigenvalue weighted by atomic mass is 35.5. The van der Waals surface area contributed by atoms with Gasteiger partial charge in [0.15, 0.2) is 0 Å². The summed E-state index contributed by atoms with van der Waals surface area (Å²) in [5.74, 6) is 0. The highest BCUT2D eigenvalue weighted by Gasteiger charge is 2.15. The monoisotopic (exact) mass is 329 g/mol. The van der Waals surface area contributed by atoms with Crippen LogP contribution in [-0.4, -0.2) is 18.0 Å². The van der Waals surface area contributed by atoms with E-state index in [2.05, 4.69) is 24.8 Å². The van der Waals surface area contributed by atoms with Crippen LogP contribution in [0.2, 0.25) is 0 Å². The highest BCUT2D eigenvalue weighted by molar-refractivity contribution is 5.85. The average Bonchev–Trinajstić information content (AvgIpc) is 2.94. The number of hydrogen-bond acceptors (Lipinski definition) is 1. The van der Waals surface area contributed by atoms with Gasteiger partial charge in [-0.3, -0.25) is 0 Å². The summed E-state index contributed by atoms with van der Waals surface area (Å²) in [7, 11) is 0. The van der Waals surface area contributed by atoms with E-state index in [1.54, 1.807) is 5.70 Å². The van der Waals surface area contributed by atoms with Crippen LogP contribution in [0.4, 0.5) is 0 Å². The van der Waals surface area contributed by atoms with E-state index in [9.17, 15) is 0 Å². The molecule has 0 radical (unpaired) electrons. The van der Waals surface area contributed by atoms with Gasteiger partial charge in [0.05, 0.1) is 0 Å². The summed E-state index contributed by atoms with van der Waals surface area (Å²) >= 11 is 0. The SMILES string of the molecule is CCCCCCCCCCCC=C1CCCN1CCCC.Cl. The molecule has 1 fully saturated rings. The Morgan fingerprint density at radius 1 is 0.818 bits per heavy atom. The summed E-state index contributed by atoms with van der Waals surface area (Å²) in [5.41, 5.74) is 1.66. The van der Waals surface area contributed by atoms with Gasteiger partial charge in [-0.15, -0.1) is 12.4 Å². The normalized spacial score (nSPS) is 16.3. The van der Waals surface area contributed by atoms with Gasteiger partial charge in [-0.25, -0.2) is 0 Å². The lowest BCUT2D eigenvalue weighted by atomic mass is 10.1. The molecule has 0 aromatic rings. The smallest absolute Gasteiger partial charge is 0.0178 e. The molecule has 2 heteroatoms. The third kappa shape index (κ3) is 10.5. The van der Waals surface area contributed by atoms with E-state index in [4.69, 9.17) is 0 Å². The highest BCUT2D eigenvalue weighted by Crippen LogP contribution is 2.22. The molecule has 1 aliphatic heterocycles. The van der Waals surface area contributed by atoms with Crippen LogP contribution in [0.5, 0.6) is 0 Å². The summed E-state index contributed by atoms with van der Waals surface area (Å²) in [6, 6.07) is 0. The van der Waals surface area contributed by atoms with Gasteiger partial charge in [0.2, 0.25) is 0 Å². The summed E-state index contributed by atoms with van der Waals surface area (Å²) in [6.07, 6.45) is 22.2. The third-order valence-corrected chi connectivity index (χ3v) is 4.74. The van der Waals surface area contributed by atoms with Crippen LogP contribution in [0.25, 0.3) is 0 Å². The molecular weight excluding hydrogens is 290 g/mol. The van der Waals surface area contributed by atoms with E-state index in [1.807, 2.05) is 0 Å². The van der Waals surface area contributed by atoms with Crippen molar-refractivity contribution < 1.29 is 0 Å². The largest absolute Gasteiger partial charge is 0.375 e. The maximum absolute atomic E-state index is 2.64. The van der Waals surface area contributed by atoms with E-state index in [0.29, 0.717) is 0 Å². The molecule has 132 valence electrons. The van der Waals surface area contributed by atoms with E-state index >= 15 is 0 Å². The lowest BCUT2D eigenvalue weighted by molar-refractivity contribution is 0.381. The lowest BCUT2D eigenvalue weighted by Crippen LogP contribution is -2.18. The minimum absolute atomic E-state index is 0. The van der Waals surface area contributed by atoms with E-state index in [1.165, 1.54) is 103 Å². The van der Waals surface area contributed by atoms with Crippen molar-refractivity contribution in [1.82, 2.24) is 4.90 Å². The molecule has 0 aromatic heterocycles. The van der Waals surface area contributed by atoms with Crippen molar-refractivity contribution >= 4 is 12.4 Å². The van der Waals surface area contributed by atoms with Crippen molar-refractivity contribution in [3.05, 3.63) is 11.8 Å². The standard InChI is InChI=1S/C20H39N.ClH/c1-3-5-7-8-9-10-11-12-13-14-16-20-17-15-19-21(20)18-6-4-2;/h16H,3-15,17-19H2,1-2H3;1H. The number of nitrogens with zero attached hydrogens (tertiary/aromatic N) is 1. The van der Waals surface area contributed by atoms with Crippen LogP contribution in [0, 0.1) is 0 Å². The molecule has 1 aliphatic rings. The maximum Gasteiger partial charge on any atom is 0.0178 e. The van der Waals surface area contributed by atoms with Gasteiger partial charge < -0.3 is 4.90 Å². The Hall–Kier alpha value is -0.170. The van der Waals surface area contributed by atoms with Gasteiger partial charge >= 0.3 is 0 Å². The van der Waals surface area contributed by atoms with Crippen molar-refractivity contribution in [2.45, 2.75) is 104 Å². The maximum atomic E-state index is 2.64. The Morgan fingerprint density at radius 2 is 1.41 bits per heavy atom. The minimum atomic E-state index is 0.